The average Bonchev–Trinajstić information content (AvgIpc) is 2.82. The van der Waals surface area contributed by atoms with E-state index < -0.39 is 0 Å². The molecule has 1 aromatic heterocycles. The van der Waals surface area contributed by atoms with Crippen LogP contribution in [0.2, 0.25) is 0 Å². The highest BCUT2D eigenvalue weighted by Gasteiger charge is 2.36. The first-order valence-corrected chi connectivity index (χ1v) is 7.44. The Morgan fingerprint density at radius 1 is 1.47 bits per heavy atom. The highest BCUT2D eigenvalue weighted by atomic mass is 15.0. The molecule has 0 aromatic carbocycles. The Balaban J connectivity index is 1.94. The molecule has 3 nitrogen and oxygen atoms in total. The summed E-state index contributed by atoms with van der Waals surface area (Å²) < 4.78 is 2.06. The molecule has 3 heteroatoms. The fourth-order valence-electron chi connectivity index (χ4n) is 3.27. The minimum absolute atomic E-state index is 0.0999. The Kier molecular flexibility index (Phi) is 4.29. The van der Waals surface area contributed by atoms with Crippen LogP contribution in [-0.2, 0) is 13.5 Å². The van der Waals surface area contributed by atoms with Crippen LogP contribution in [-0.4, -0.2) is 9.55 Å². The molecule has 1 saturated carbocycles. The highest BCUT2D eigenvalue weighted by molar-refractivity contribution is 5.04. The molecule has 0 radical (unpaired) electrons. The zero-order valence-electron chi connectivity index (χ0n) is 12.4. The van der Waals surface area contributed by atoms with E-state index in [1.165, 1.54) is 12.8 Å². The number of aryl methyl sites for hydroxylation is 2. The van der Waals surface area contributed by atoms with Gasteiger partial charge in [0.05, 0.1) is 11.5 Å². The number of nitrogens with zero attached hydrogens (tertiary/aromatic N) is 3. The number of hydrogen-bond acceptors (Lipinski definition) is 2. The zero-order chi connectivity index (χ0) is 13.9. The molecule has 104 valence electrons. The predicted molar refractivity (Wildman–Crippen MR) is 76.4 cm³/mol. The van der Waals surface area contributed by atoms with Gasteiger partial charge < -0.3 is 4.57 Å². The second kappa shape index (κ2) is 5.77. The van der Waals surface area contributed by atoms with Crippen molar-refractivity contribution in [2.75, 3.05) is 0 Å². The van der Waals surface area contributed by atoms with Crippen LogP contribution in [0, 0.1) is 28.6 Å². The summed E-state index contributed by atoms with van der Waals surface area (Å²) in [7, 11) is 2.02. The number of imidazole rings is 1. The first-order chi connectivity index (χ1) is 9.06. The third-order valence-corrected chi connectivity index (χ3v) is 4.92. The third kappa shape index (κ3) is 3.18. The van der Waals surface area contributed by atoms with E-state index in [9.17, 15) is 5.26 Å². The molecule has 0 saturated heterocycles. The molecule has 0 spiro atoms. The van der Waals surface area contributed by atoms with Gasteiger partial charge in [-0.1, -0.05) is 13.8 Å². The first-order valence-electron chi connectivity index (χ1n) is 7.44. The molecular formula is C16H25N3. The van der Waals surface area contributed by atoms with Crippen LogP contribution in [0.5, 0.6) is 0 Å². The van der Waals surface area contributed by atoms with Crippen LogP contribution in [0.25, 0.3) is 0 Å². The molecule has 0 N–H and O–H groups in total. The standard InChI is InChI=1S/C16H25N3/c1-13(2)14-4-7-16(12-17,8-5-14)9-6-15-18-10-11-19(15)3/h10-11,13-14H,4-9H2,1-3H3. The Morgan fingerprint density at radius 3 is 2.63 bits per heavy atom. The van der Waals surface area contributed by atoms with Gasteiger partial charge in [-0.05, 0) is 43.9 Å². The van der Waals surface area contributed by atoms with Gasteiger partial charge in [-0.2, -0.15) is 5.26 Å². The molecule has 0 aliphatic heterocycles. The molecule has 1 aliphatic rings. The lowest BCUT2D eigenvalue weighted by molar-refractivity contribution is 0.165. The Hall–Kier alpha value is -1.30. The molecule has 1 heterocycles. The van der Waals surface area contributed by atoms with Crippen molar-refractivity contribution < 1.29 is 0 Å². The van der Waals surface area contributed by atoms with Gasteiger partial charge in [0.2, 0.25) is 0 Å². The van der Waals surface area contributed by atoms with Gasteiger partial charge in [-0.3, -0.25) is 0 Å². The molecule has 0 unspecified atom stereocenters. The van der Waals surface area contributed by atoms with Crippen LogP contribution >= 0.6 is 0 Å². The smallest absolute Gasteiger partial charge is 0.108 e. The van der Waals surface area contributed by atoms with Gasteiger partial charge in [0.1, 0.15) is 5.82 Å². The van der Waals surface area contributed by atoms with Gasteiger partial charge in [-0.25, -0.2) is 4.98 Å². The van der Waals surface area contributed by atoms with E-state index in [1.54, 1.807) is 0 Å². The van der Waals surface area contributed by atoms with Crippen molar-refractivity contribution in [2.24, 2.45) is 24.3 Å². The minimum atomic E-state index is -0.0999. The summed E-state index contributed by atoms with van der Waals surface area (Å²) in [6, 6.07) is 2.62. The van der Waals surface area contributed by atoms with Gasteiger partial charge in [0.25, 0.3) is 0 Å². The number of nitriles is 1. The van der Waals surface area contributed by atoms with Gasteiger partial charge in [-0.15, -0.1) is 0 Å². The lowest BCUT2D eigenvalue weighted by Crippen LogP contribution is -2.28. The summed E-state index contributed by atoms with van der Waals surface area (Å²) in [5.74, 6) is 2.67. The van der Waals surface area contributed by atoms with Crippen molar-refractivity contribution in [2.45, 2.75) is 52.4 Å². The highest BCUT2D eigenvalue weighted by Crippen LogP contribution is 2.43. The van der Waals surface area contributed by atoms with E-state index in [1.807, 2.05) is 19.4 Å². The number of rotatable bonds is 4. The van der Waals surface area contributed by atoms with Crippen molar-refractivity contribution >= 4 is 0 Å². The maximum absolute atomic E-state index is 9.59. The molecule has 1 aliphatic carbocycles. The van der Waals surface area contributed by atoms with E-state index in [0.717, 1.165) is 43.3 Å². The van der Waals surface area contributed by atoms with E-state index >= 15 is 0 Å². The Labute approximate surface area is 116 Å². The Bertz CT molecular complexity index is 445. The summed E-state index contributed by atoms with van der Waals surface area (Å²) in [5, 5.41) is 9.59. The largest absolute Gasteiger partial charge is 0.338 e. The monoisotopic (exact) mass is 259 g/mol. The SMILES string of the molecule is CC(C)C1CCC(C#N)(CCc2nccn2C)CC1. The molecule has 1 fully saturated rings. The molecule has 0 amide bonds. The quantitative estimate of drug-likeness (QED) is 0.827. The summed E-state index contributed by atoms with van der Waals surface area (Å²) >= 11 is 0. The van der Waals surface area contributed by atoms with Crippen molar-refractivity contribution in [3.63, 3.8) is 0 Å². The van der Waals surface area contributed by atoms with Gasteiger partial charge in [0.15, 0.2) is 0 Å². The second-order valence-corrected chi connectivity index (χ2v) is 6.43. The maximum atomic E-state index is 9.59. The lowest BCUT2D eigenvalue weighted by atomic mass is 9.67. The molecule has 0 atom stereocenters. The van der Waals surface area contributed by atoms with E-state index in [-0.39, 0.29) is 5.41 Å². The van der Waals surface area contributed by atoms with E-state index in [4.69, 9.17) is 0 Å². The topological polar surface area (TPSA) is 41.6 Å². The Morgan fingerprint density at radius 2 is 2.16 bits per heavy atom. The van der Waals surface area contributed by atoms with Gasteiger partial charge in [0, 0.05) is 25.9 Å². The minimum Gasteiger partial charge on any atom is -0.338 e. The van der Waals surface area contributed by atoms with E-state index in [2.05, 4.69) is 29.5 Å². The number of hydrogen-bond donors (Lipinski definition) is 0. The molecule has 19 heavy (non-hydrogen) atoms. The molecule has 0 bridgehead atoms. The van der Waals surface area contributed by atoms with Crippen LogP contribution in [0.4, 0.5) is 0 Å². The van der Waals surface area contributed by atoms with Crippen molar-refractivity contribution in [3.8, 4) is 6.07 Å². The second-order valence-electron chi connectivity index (χ2n) is 6.43. The fraction of sp³-hybridized carbons (Fsp3) is 0.750. The zero-order valence-corrected chi connectivity index (χ0v) is 12.4. The third-order valence-electron chi connectivity index (χ3n) is 4.92. The maximum Gasteiger partial charge on any atom is 0.108 e. The van der Waals surface area contributed by atoms with E-state index in [0.29, 0.717) is 0 Å². The van der Waals surface area contributed by atoms with Crippen LogP contribution in [0.15, 0.2) is 12.4 Å². The van der Waals surface area contributed by atoms with Crippen molar-refractivity contribution in [1.82, 2.24) is 9.55 Å². The number of aromatic nitrogens is 2. The van der Waals surface area contributed by atoms with Gasteiger partial charge >= 0.3 is 0 Å². The molecule has 2 rings (SSSR count). The predicted octanol–water partition coefficient (Wildman–Crippen LogP) is 3.71. The molecule has 1 aromatic rings. The van der Waals surface area contributed by atoms with Crippen molar-refractivity contribution in [3.05, 3.63) is 18.2 Å². The molecular weight excluding hydrogens is 234 g/mol. The normalized spacial score (nSPS) is 27.4. The van der Waals surface area contributed by atoms with Crippen molar-refractivity contribution in [1.29, 1.82) is 5.26 Å². The van der Waals surface area contributed by atoms with Crippen LogP contribution in [0.3, 0.4) is 0 Å². The summed E-state index contributed by atoms with van der Waals surface area (Å²) in [6.45, 7) is 4.61. The average molecular weight is 259 g/mol. The first kappa shape index (κ1) is 14.1. The fourth-order valence-corrected chi connectivity index (χ4v) is 3.27. The van der Waals surface area contributed by atoms with Crippen LogP contribution < -0.4 is 0 Å². The van der Waals surface area contributed by atoms with Crippen LogP contribution in [0.1, 0.15) is 51.8 Å². The summed E-state index contributed by atoms with van der Waals surface area (Å²) in [4.78, 5) is 4.36. The summed E-state index contributed by atoms with van der Waals surface area (Å²) in [5.41, 5.74) is -0.0999. The lowest BCUT2D eigenvalue weighted by Gasteiger charge is -2.36. The summed E-state index contributed by atoms with van der Waals surface area (Å²) in [6.07, 6.45) is 10.3.